The predicted molar refractivity (Wildman–Crippen MR) is 111 cm³/mol. The summed E-state index contributed by atoms with van der Waals surface area (Å²) in [6, 6.07) is 16.7. The van der Waals surface area contributed by atoms with Crippen molar-refractivity contribution in [3.63, 3.8) is 0 Å². The lowest BCUT2D eigenvalue weighted by molar-refractivity contribution is 0.480. The lowest BCUT2D eigenvalue weighted by Gasteiger charge is -2.10. The van der Waals surface area contributed by atoms with Crippen molar-refractivity contribution in [1.82, 2.24) is 19.5 Å². The zero-order valence-corrected chi connectivity index (χ0v) is 15.8. The summed E-state index contributed by atoms with van der Waals surface area (Å²) in [5.41, 5.74) is 7.57. The number of hydrogen-bond acceptors (Lipinski definition) is 6. The van der Waals surface area contributed by atoms with Crippen LogP contribution in [0.4, 0.5) is 5.82 Å². The molecule has 0 amide bonds. The number of nitrogens with zero attached hydrogens (tertiary/aromatic N) is 4. The van der Waals surface area contributed by atoms with E-state index in [1.54, 1.807) is 54.5 Å². The fraction of sp³-hybridized carbons (Fsp3) is 0.0909. The largest absolute Gasteiger partial charge is 0.456 e. The van der Waals surface area contributed by atoms with E-state index in [4.69, 9.17) is 10.5 Å². The minimum absolute atomic E-state index is 0.144. The van der Waals surface area contributed by atoms with E-state index in [2.05, 4.69) is 15.0 Å². The Kier molecular flexibility index (Phi) is 5.03. The molecule has 1 aromatic carbocycles. The highest BCUT2D eigenvalue weighted by Crippen LogP contribution is 2.23. The molecule has 0 aliphatic carbocycles. The van der Waals surface area contributed by atoms with Gasteiger partial charge in [-0.15, -0.1) is 0 Å². The summed E-state index contributed by atoms with van der Waals surface area (Å²) >= 11 is 0. The monoisotopic (exact) mass is 385 g/mol. The number of rotatable bonds is 5. The maximum Gasteiger partial charge on any atom is 0.262 e. The second kappa shape index (κ2) is 7.93. The molecule has 0 saturated heterocycles. The van der Waals surface area contributed by atoms with Gasteiger partial charge in [0.25, 0.3) is 5.56 Å². The quantitative estimate of drug-likeness (QED) is 0.567. The summed E-state index contributed by atoms with van der Waals surface area (Å²) in [4.78, 5) is 25.6. The highest BCUT2D eigenvalue weighted by Gasteiger charge is 2.11. The Morgan fingerprint density at radius 2 is 1.79 bits per heavy atom. The van der Waals surface area contributed by atoms with Gasteiger partial charge in [0.1, 0.15) is 23.1 Å². The minimum Gasteiger partial charge on any atom is -0.456 e. The van der Waals surface area contributed by atoms with E-state index in [1.807, 2.05) is 30.3 Å². The van der Waals surface area contributed by atoms with Crippen LogP contribution < -0.4 is 16.0 Å². The van der Waals surface area contributed by atoms with Crippen LogP contribution in [-0.2, 0) is 13.5 Å². The van der Waals surface area contributed by atoms with Crippen molar-refractivity contribution in [3.05, 3.63) is 94.9 Å². The first kappa shape index (κ1) is 18.4. The molecular formula is C22H19N5O2. The summed E-state index contributed by atoms with van der Waals surface area (Å²) in [6.45, 7) is 0. The van der Waals surface area contributed by atoms with Gasteiger partial charge in [-0.2, -0.15) is 0 Å². The number of aromatic nitrogens is 4. The van der Waals surface area contributed by atoms with Gasteiger partial charge in [0.05, 0.1) is 17.5 Å². The first-order valence-corrected chi connectivity index (χ1v) is 9.05. The number of ether oxygens (including phenoxy) is 1. The fourth-order valence-electron chi connectivity index (χ4n) is 2.92. The minimum atomic E-state index is -0.144. The summed E-state index contributed by atoms with van der Waals surface area (Å²) in [7, 11) is 1.72. The summed E-state index contributed by atoms with van der Waals surface area (Å²) in [5, 5.41) is 0. The molecule has 0 saturated carbocycles. The number of benzene rings is 1. The molecule has 0 aliphatic heterocycles. The Balaban J connectivity index is 1.56. The van der Waals surface area contributed by atoms with Crippen LogP contribution in [0.1, 0.15) is 11.4 Å². The first-order chi connectivity index (χ1) is 14.1. The van der Waals surface area contributed by atoms with Gasteiger partial charge in [0, 0.05) is 31.9 Å². The molecule has 0 atom stereocenters. The number of anilines is 1. The smallest absolute Gasteiger partial charge is 0.262 e. The van der Waals surface area contributed by atoms with Crippen LogP contribution in [0.15, 0.2) is 78.0 Å². The Hall–Kier alpha value is -4.00. The van der Waals surface area contributed by atoms with E-state index in [-0.39, 0.29) is 5.56 Å². The third-order valence-electron chi connectivity index (χ3n) is 4.47. The number of nitrogen functional groups attached to an aromatic ring is 1. The molecule has 0 radical (unpaired) electrons. The van der Waals surface area contributed by atoms with Crippen molar-refractivity contribution in [2.24, 2.45) is 7.05 Å². The lowest BCUT2D eigenvalue weighted by Crippen LogP contribution is -2.24. The molecule has 4 aromatic rings. The van der Waals surface area contributed by atoms with Crippen molar-refractivity contribution in [3.8, 4) is 22.8 Å². The molecular weight excluding hydrogens is 366 g/mol. The lowest BCUT2D eigenvalue weighted by atomic mass is 10.1. The predicted octanol–water partition coefficient (Wildman–Crippen LogP) is 3.20. The van der Waals surface area contributed by atoms with Crippen molar-refractivity contribution >= 4 is 5.82 Å². The van der Waals surface area contributed by atoms with Gasteiger partial charge in [-0.3, -0.25) is 14.3 Å². The van der Waals surface area contributed by atoms with Crippen LogP contribution in [-0.4, -0.2) is 19.5 Å². The summed E-state index contributed by atoms with van der Waals surface area (Å²) in [5.74, 6) is 2.16. The van der Waals surface area contributed by atoms with Gasteiger partial charge >= 0.3 is 0 Å². The molecule has 4 rings (SSSR count). The molecule has 3 heterocycles. The first-order valence-electron chi connectivity index (χ1n) is 9.05. The number of pyridine rings is 2. The average molecular weight is 385 g/mol. The van der Waals surface area contributed by atoms with Crippen LogP contribution >= 0.6 is 0 Å². The third kappa shape index (κ3) is 4.14. The topological polar surface area (TPSA) is 95.9 Å². The average Bonchev–Trinajstić information content (AvgIpc) is 2.73. The van der Waals surface area contributed by atoms with Gasteiger partial charge in [-0.25, -0.2) is 9.97 Å². The second-order valence-electron chi connectivity index (χ2n) is 6.51. The Morgan fingerprint density at radius 3 is 2.52 bits per heavy atom. The maximum atomic E-state index is 12.8. The van der Waals surface area contributed by atoms with E-state index in [9.17, 15) is 4.79 Å². The van der Waals surface area contributed by atoms with E-state index < -0.39 is 0 Å². The van der Waals surface area contributed by atoms with E-state index in [0.717, 1.165) is 5.56 Å². The number of nitrogens with two attached hydrogens (primary N) is 1. The number of hydrogen-bond donors (Lipinski definition) is 1. The van der Waals surface area contributed by atoms with Gasteiger partial charge in [-0.05, 0) is 23.8 Å². The zero-order valence-electron chi connectivity index (χ0n) is 15.8. The van der Waals surface area contributed by atoms with Gasteiger partial charge in [-0.1, -0.05) is 30.3 Å². The van der Waals surface area contributed by atoms with Crippen molar-refractivity contribution in [2.45, 2.75) is 6.42 Å². The highest BCUT2D eigenvalue weighted by molar-refractivity contribution is 5.57. The molecule has 0 fully saturated rings. The van der Waals surface area contributed by atoms with E-state index >= 15 is 0 Å². The second-order valence-corrected chi connectivity index (χ2v) is 6.51. The molecule has 3 aromatic heterocycles. The van der Waals surface area contributed by atoms with Gasteiger partial charge in [0.2, 0.25) is 0 Å². The molecule has 144 valence electrons. The molecule has 0 unspecified atom stereocenters. The van der Waals surface area contributed by atoms with Crippen LogP contribution in [0.2, 0.25) is 0 Å². The normalized spacial score (nSPS) is 10.7. The SMILES string of the molecule is Cn1c(Cc2ccccc2)ncc(-c2ccc(Oc3ccnc(N)c3)cn2)c1=O. The summed E-state index contributed by atoms with van der Waals surface area (Å²) in [6.07, 6.45) is 5.29. The van der Waals surface area contributed by atoms with E-state index in [1.165, 1.54) is 0 Å². The zero-order chi connectivity index (χ0) is 20.2. The van der Waals surface area contributed by atoms with Gasteiger partial charge < -0.3 is 10.5 Å². The third-order valence-corrected chi connectivity index (χ3v) is 4.47. The molecule has 7 nitrogen and oxygen atoms in total. The maximum absolute atomic E-state index is 12.8. The van der Waals surface area contributed by atoms with Crippen molar-refractivity contribution in [1.29, 1.82) is 0 Å². The summed E-state index contributed by atoms with van der Waals surface area (Å²) < 4.78 is 7.27. The van der Waals surface area contributed by atoms with E-state index in [0.29, 0.717) is 40.8 Å². The van der Waals surface area contributed by atoms with Crippen molar-refractivity contribution < 1.29 is 4.74 Å². The molecule has 0 spiro atoms. The Morgan fingerprint density at radius 1 is 0.966 bits per heavy atom. The molecule has 0 aliphatic rings. The van der Waals surface area contributed by atoms with Crippen LogP contribution in [0, 0.1) is 0 Å². The fourth-order valence-corrected chi connectivity index (χ4v) is 2.92. The van der Waals surface area contributed by atoms with Crippen LogP contribution in [0.25, 0.3) is 11.3 Å². The Labute approximate surface area is 167 Å². The van der Waals surface area contributed by atoms with Crippen molar-refractivity contribution in [2.75, 3.05) is 5.73 Å². The Bertz CT molecular complexity index is 1190. The van der Waals surface area contributed by atoms with Gasteiger partial charge in [0.15, 0.2) is 0 Å². The molecule has 29 heavy (non-hydrogen) atoms. The molecule has 7 heteroatoms. The van der Waals surface area contributed by atoms with Crippen LogP contribution in [0.5, 0.6) is 11.5 Å². The standard InChI is InChI=1S/C22H19N5O2/c1-27-21(11-15-5-3-2-4-6-15)26-14-18(22(27)28)19-8-7-17(13-25-19)29-16-9-10-24-20(23)12-16/h2-10,12-14H,11H2,1H3,(H2,23,24). The van der Waals surface area contributed by atoms with Crippen LogP contribution in [0.3, 0.4) is 0 Å². The highest BCUT2D eigenvalue weighted by atomic mass is 16.5. The molecule has 0 bridgehead atoms. The molecule has 2 N–H and O–H groups in total.